The first-order valence-corrected chi connectivity index (χ1v) is 10.4. The van der Waals surface area contributed by atoms with Gasteiger partial charge in [0.15, 0.2) is 21.3 Å². The normalized spacial score (nSPS) is 14.6. The van der Waals surface area contributed by atoms with Gasteiger partial charge in [-0.25, -0.2) is 8.42 Å². The number of benzene rings is 1. The number of fused-ring (bicyclic) bond motifs is 1. The monoisotopic (exact) mass is 393 g/mol. The van der Waals surface area contributed by atoms with E-state index in [9.17, 15) is 13.2 Å². The summed E-state index contributed by atoms with van der Waals surface area (Å²) in [4.78, 5) is 12.2. The van der Waals surface area contributed by atoms with E-state index in [0.717, 1.165) is 5.69 Å². The van der Waals surface area contributed by atoms with Crippen LogP contribution < -0.4 is 14.8 Å². The number of rotatable bonds is 7. The molecule has 9 heteroatoms. The third-order valence-corrected chi connectivity index (χ3v) is 5.83. The van der Waals surface area contributed by atoms with E-state index in [1.54, 1.807) is 10.7 Å². The Balaban J connectivity index is 1.54. The van der Waals surface area contributed by atoms with E-state index in [2.05, 4.69) is 10.4 Å². The topological polar surface area (TPSA) is 99.5 Å². The van der Waals surface area contributed by atoms with Gasteiger partial charge in [0.2, 0.25) is 5.91 Å². The Morgan fingerprint density at radius 1 is 1.26 bits per heavy atom. The lowest BCUT2D eigenvalue weighted by atomic mass is 10.3. The van der Waals surface area contributed by atoms with Crippen LogP contribution in [0.2, 0.25) is 0 Å². The van der Waals surface area contributed by atoms with Crippen molar-refractivity contribution in [3.8, 4) is 11.5 Å². The van der Waals surface area contributed by atoms with Gasteiger partial charge >= 0.3 is 0 Å². The van der Waals surface area contributed by atoms with E-state index >= 15 is 0 Å². The maximum Gasteiger partial charge on any atom is 0.221 e. The van der Waals surface area contributed by atoms with E-state index in [1.165, 1.54) is 12.1 Å². The smallest absolute Gasteiger partial charge is 0.221 e. The van der Waals surface area contributed by atoms with E-state index in [1.807, 2.05) is 26.1 Å². The van der Waals surface area contributed by atoms with Crippen LogP contribution in [0.5, 0.6) is 11.5 Å². The highest BCUT2D eigenvalue weighted by Gasteiger charge is 2.21. The molecule has 1 aliphatic rings. The van der Waals surface area contributed by atoms with Gasteiger partial charge in [-0.05, 0) is 32.0 Å². The van der Waals surface area contributed by atoms with Crippen LogP contribution in [-0.4, -0.2) is 49.1 Å². The van der Waals surface area contributed by atoms with Gasteiger partial charge in [0.25, 0.3) is 0 Å². The Labute approximate surface area is 158 Å². The van der Waals surface area contributed by atoms with Crippen LogP contribution in [0.1, 0.15) is 19.0 Å². The standard InChI is InChI=1S/C18H23N3O5S/c1-13-5-7-21(20-13)12-14(2)19-18(22)6-10-27(23,24)15-3-4-16-17(11-15)26-9-8-25-16/h3-5,7,11,14H,6,8-10,12H2,1-2H3,(H,19,22). The summed E-state index contributed by atoms with van der Waals surface area (Å²) in [6.45, 7) is 5.09. The lowest BCUT2D eigenvalue weighted by Gasteiger charge is -2.19. The van der Waals surface area contributed by atoms with Crippen LogP contribution in [0, 0.1) is 6.92 Å². The average Bonchev–Trinajstić information content (AvgIpc) is 3.04. The predicted octanol–water partition coefficient (Wildman–Crippen LogP) is 1.33. The van der Waals surface area contributed by atoms with Gasteiger partial charge in [-0.15, -0.1) is 0 Å². The maximum absolute atomic E-state index is 12.5. The van der Waals surface area contributed by atoms with Crippen LogP contribution in [0.4, 0.5) is 0 Å². The fourth-order valence-electron chi connectivity index (χ4n) is 2.80. The first kappa shape index (κ1) is 19.2. The van der Waals surface area contributed by atoms with Gasteiger partial charge in [-0.2, -0.15) is 5.10 Å². The van der Waals surface area contributed by atoms with Crippen molar-refractivity contribution in [1.29, 1.82) is 0 Å². The number of sulfone groups is 1. The number of amides is 1. The van der Waals surface area contributed by atoms with E-state index < -0.39 is 9.84 Å². The third kappa shape index (κ3) is 5.00. The second-order valence-corrected chi connectivity index (χ2v) is 8.63. The molecule has 1 aromatic heterocycles. The first-order chi connectivity index (χ1) is 12.8. The molecule has 0 saturated carbocycles. The molecule has 8 nitrogen and oxygen atoms in total. The zero-order chi connectivity index (χ0) is 19.4. The molecule has 146 valence electrons. The van der Waals surface area contributed by atoms with Crippen LogP contribution >= 0.6 is 0 Å². The molecule has 1 amide bonds. The molecule has 1 unspecified atom stereocenters. The second-order valence-electron chi connectivity index (χ2n) is 6.52. The Hall–Kier alpha value is -2.55. The summed E-state index contributed by atoms with van der Waals surface area (Å²) in [6, 6.07) is 6.23. The zero-order valence-corrected chi connectivity index (χ0v) is 16.2. The average molecular weight is 393 g/mol. The molecular weight excluding hydrogens is 370 g/mol. The Kier molecular flexibility index (Phi) is 5.69. The molecule has 1 atom stereocenters. The summed E-state index contributed by atoms with van der Waals surface area (Å²) in [5.41, 5.74) is 0.902. The molecule has 2 heterocycles. The minimum atomic E-state index is -3.59. The number of hydrogen-bond acceptors (Lipinski definition) is 6. The number of carbonyl (C=O) groups excluding carboxylic acids is 1. The molecule has 27 heavy (non-hydrogen) atoms. The van der Waals surface area contributed by atoms with Crippen molar-refractivity contribution in [3.05, 3.63) is 36.2 Å². The molecule has 0 saturated heterocycles. The summed E-state index contributed by atoms with van der Waals surface area (Å²) < 4.78 is 37.6. The van der Waals surface area contributed by atoms with E-state index in [0.29, 0.717) is 31.3 Å². The molecule has 0 aliphatic carbocycles. The van der Waals surface area contributed by atoms with Crippen LogP contribution in [-0.2, 0) is 21.2 Å². The third-order valence-electron chi connectivity index (χ3n) is 4.11. The van der Waals surface area contributed by atoms with Crippen molar-refractivity contribution >= 4 is 15.7 Å². The van der Waals surface area contributed by atoms with E-state index in [-0.39, 0.29) is 29.0 Å². The van der Waals surface area contributed by atoms with Crippen molar-refractivity contribution in [2.75, 3.05) is 19.0 Å². The quantitative estimate of drug-likeness (QED) is 0.762. The highest BCUT2D eigenvalue weighted by Crippen LogP contribution is 2.32. The molecule has 0 spiro atoms. The molecule has 2 aromatic rings. The number of nitrogens with one attached hydrogen (secondary N) is 1. The number of nitrogens with zero attached hydrogens (tertiary/aromatic N) is 2. The van der Waals surface area contributed by atoms with Gasteiger partial charge < -0.3 is 14.8 Å². The summed E-state index contributed by atoms with van der Waals surface area (Å²) in [7, 11) is -3.59. The molecule has 0 bridgehead atoms. The maximum atomic E-state index is 12.5. The van der Waals surface area contributed by atoms with Gasteiger partial charge in [0, 0.05) is 24.7 Å². The van der Waals surface area contributed by atoms with Crippen LogP contribution in [0.25, 0.3) is 0 Å². The SMILES string of the molecule is Cc1ccn(CC(C)NC(=O)CCS(=O)(=O)c2ccc3c(c2)OCCO3)n1. The number of ether oxygens (including phenoxy) is 2. The molecule has 1 aromatic carbocycles. The lowest BCUT2D eigenvalue weighted by molar-refractivity contribution is -0.121. The Morgan fingerprint density at radius 3 is 2.70 bits per heavy atom. The summed E-state index contributed by atoms with van der Waals surface area (Å²) in [6.07, 6.45) is 1.73. The Morgan fingerprint density at radius 2 is 2.00 bits per heavy atom. The van der Waals surface area contributed by atoms with Crippen molar-refractivity contribution in [1.82, 2.24) is 15.1 Å². The number of carbonyl (C=O) groups is 1. The van der Waals surface area contributed by atoms with Gasteiger partial charge in [-0.1, -0.05) is 0 Å². The molecule has 0 fully saturated rings. The van der Waals surface area contributed by atoms with Crippen LogP contribution in [0.15, 0.2) is 35.4 Å². The number of aromatic nitrogens is 2. The second kappa shape index (κ2) is 7.99. The van der Waals surface area contributed by atoms with Gasteiger partial charge in [-0.3, -0.25) is 9.48 Å². The summed E-state index contributed by atoms with van der Waals surface area (Å²) >= 11 is 0. The highest BCUT2D eigenvalue weighted by atomic mass is 32.2. The minimum Gasteiger partial charge on any atom is -0.486 e. The van der Waals surface area contributed by atoms with Crippen molar-refractivity contribution in [3.63, 3.8) is 0 Å². The van der Waals surface area contributed by atoms with Crippen molar-refractivity contribution in [2.45, 2.75) is 37.8 Å². The van der Waals surface area contributed by atoms with Crippen molar-refractivity contribution in [2.24, 2.45) is 0 Å². The minimum absolute atomic E-state index is 0.112. The van der Waals surface area contributed by atoms with Crippen LogP contribution in [0.3, 0.4) is 0 Å². The molecule has 1 N–H and O–H groups in total. The fourth-order valence-corrected chi connectivity index (χ4v) is 4.05. The predicted molar refractivity (Wildman–Crippen MR) is 98.7 cm³/mol. The van der Waals surface area contributed by atoms with Crippen molar-refractivity contribution < 1.29 is 22.7 Å². The number of hydrogen-bond donors (Lipinski definition) is 1. The number of aryl methyl sites for hydroxylation is 1. The molecule has 1 aliphatic heterocycles. The first-order valence-electron chi connectivity index (χ1n) is 8.75. The lowest BCUT2D eigenvalue weighted by Crippen LogP contribution is -2.36. The Bertz CT molecular complexity index is 923. The fraction of sp³-hybridized carbons (Fsp3) is 0.444. The largest absolute Gasteiger partial charge is 0.486 e. The summed E-state index contributed by atoms with van der Waals surface area (Å²) in [5, 5.41) is 7.07. The molecule has 0 radical (unpaired) electrons. The highest BCUT2D eigenvalue weighted by molar-refractivity contribution is 7.91. The molecular formula is C18H23N3O5S. The molecule has 3 rings (SSSR count). The van der Waals surface area contributed by atoms with Gasteiger partial charge in [0.1, 0.15) is 13.2 Å². The summed E-state index contributed by atoms with van der Waals surface area (Å²) in [5.74, 6) is 0.356. The van der Waals surface area contributed by atoms with Gasteiger partial charge in [0.05, 0.1) is 22.9 Å². The zero-order valence-electron chi connectivity index (χ0n) is 15.3. The van der Waals surface area contributed by atoms with E-state index in [4.69, 9.17) is 9.47 Å².